The van der Waals surface area contributed by atoms with Gasteiger partial charge in [-0.3, -0.25) is 9.55 Å². The summed E-state index contributed by atoms with van der Waals surface area (Å²) < 4.78 is 30.1. The van der Waals surface area contributed by atoms with Crippen LogP contribution in [0.1, 0.15) is 31.7 Å². The number of alkyl halides is 2. The molecule has 10 heteroatoms. The van der Waals surface area contributed by atoms with Crippen LogP contribution < -0.4 is 5.69 Å². The first-order valence-electron chi connectivity index (χ1n) is 8.65. The molecule has 0 aliphatic heterocycles. The minimum Gasteiger partial charge on any atom is -0.303 e. The third-order valence-corrected chi connectivity index (χ3v) is 5.07. The van der Waals surface area contributed by atoms with Crippen molar-refractivity contribution in [1.82, 2.24) is 34.1 Å². The highest BCUT2D eigenvalue weighted by molar-refractivity contribution is 5.79. The summed E-state index contributed by atoms with van der Waals surface area (Å²) in [5, 5.41) is 4.25. The van der Waals surface area contributed by atoms with Crippen LogP contribution in [0.15, 0.2) is 35.8 Å². The molecule has 1 saturated carbocycles. The standard InChI is InChI=1S/C17H15F2N7O/c18-17(19)3-1-10(2-4-17)26-15-12(23-16(26)27)8-21-14(24-15)11-7-22-25-6-5-20-9-13(11)25/h5-10H,1-4H2,(H,23,27). The Kier molecular flexibility index (Phi) is 3.36. The quantitative estimate of drug-likeness (QED) is 0.584. The topological polar surface area (TPSA) is 93.8 Å². The van der Waals surface area contributed by atoms with Gasteiger partial charge in [-0.25, -0.2) is 28.1 Å². The minimum atomic E-state index is -2.66. The summed E-state index contributed by atoms with van der Waals surface area (Å²) >= 11 is 0. The van der Waals surface area contributed by atoms with Crippen molar-refractivity contribution >= 4 is 16.7 Å². The third-order valence-electron chi connectivity index (χ3n) is 5.07. The highest BCUT2D eigenvalue weighted by Gasteiger charge is 2.36. The van der Waals surface area contributed by atoms with Crippen LogP contribution in [0.2, 0.25) is 0 Å². The SMILES string of the molecule is O=c1[nH]c2cnc(-c3cnn4ccncc34)nc2n1C1CCC(F)(F)CC1. The van der Waals surface area contributed by atoms with Crippen LogP contribution in [-0.4, -0.2) is 40.0 Å². The minimum absolute atomic E-state index is 0.228. The molecule has 0 atom stereocenters. The monoisotopic (exact) mass is 371 g/mol. The van der Waals surface area contributed by atoms with E-state index >= 15 is 0 Å². The van der Waals surface area contributed by atoms with Crippen LogP contribution in [0.4, 0.5) is 8.78 Å². The highest BCUT2D eigenvalue weighted by Crippen LogP contribution is 2.38. The summed E-state index contributed by atoms with van der Waals surface area (Å²) in [6.45, 7) is 0. The Morgan fingerprint density at radius 1 is 1.19 bits per heavy atom. The molecule has 0 saturated heterocycles. The van der Waals surface area contributed by atoms with Gasteiger partial charge in [0.1, 0.15) is 5.52 Å². The van der Waals surface area contributed by atoms with Crippen LogP contribution in [0.3, 0.4) is 0 Å². The van der Waals surface area contributed by atoms with Crippen LogP contribution in [-0.2, 0) is 0 Å². The van der Waals surface area contributed by atoms with Crippen molar-refractivity contribution in [2.45, 2.75) is 37.6 Å². The average molecular weight is 371 g/mol. The Morgan fingerprint density at radius 3 is 2.81 bits per heavy atom. The Bertz CT molecular complexity index is 1200. The van der Waals surface area contributed by atoms with E-state index in [-0.39, 0.29) is 37.4 Å². The van der Waals surface area contributed by atoms with Crippen molar-refractivity contribution in [3.05, 3.63) is 41.5 Å². The number of halogens is 2. The van der Waals surface area contributed by atoms with Crippen LogP contribution in [0, 0.1) is 0 Å². The Labute approximate surface area is 150 Å². The largest absolute Gasteiger partial charge is 0.327 e. The number of nitrogens with zero attached hydrogens (tertiary/aromatic N) is 6. The lowest BCUT2D eigenvalue weighted by Crippen LogP contribution is -2.30. The maximum atomic E-state index is 13.5. The number of H-pyrrole nitrogens is 1. The van der Waals surface area contributed by atoms with E-state index in [0.29, 0.717) is 22.6 Å². The maximum Gasteiger partial charge on any atom is 0.327 e. The van der Waals surface area contributed by atoms with E-state index in [9.17, 15) is 13.6 Å². The van der Waals surface area contributed by atoms with E-state index in [0.717, 1.165) is 5.52 Å². The molecule has 4 aromatic heterocycles. The number of aromatic nitrogens is 7. The second-order valence-electron chi connectivity index (χ2n) is 6.78. The Hall–Kier alpha value is -3.17. The van der Waals surface area contributed by atoms with Gasteiger partial charge in [0.05, 0.1) is 29.7 Å². The van der Waals surface area contributed by atoms with E-state index in [1.54, 1.807) is 29.3 Å². The first kappa shape index (κ1) is 16.0. The predicted octanol–water partition coefficient (Wildman–Crippen LogP) is 2.58. The van der Waals surface area contributed by atoms with Crippen molar-refractivity contribution in [1.29, 1.82) is 0 Å². The van der Waals surface area contributed by atoms with Crippen molar-refractivity contribution < 1.29 is 8.78 Å². The number of imidazole rings is 1. The molecular formula is C17H15F2N7O. The number of fused-ring (bicyclic) bond motifs is 2. The summed E-state index contributed by atoms with van der Waals surface area (Å²) in [5.74, 6) is -2.25. The lowest BCUT2D eigenvalue weighted by molar-refractivity contribution is -0.0439. The number of hydrogen-bond acceptors (Lipinski definition) is 5. The van der Waals surface area contributed by atoms with Gasteiger partial charge in [0.15, 0.2) is 11.5 Å². The second kappa shape index (κ2) is 5.66. The molecule has 1 aliphatic carbocycles. The van der Waals surface area contributed by atoms with Crippen LogP contribution in [0.25, 0.3) is 28.1 Å². The summed E-state index contributed by atoms with van der Waals surface area (Å²) in [7, 11) is 0. The zero-order valence-electron chi connectivity index (χ0n) is 14.1. The Morgan fingerprint density at radius 2 is 2.00 bits per heavy atom. The van der Waals surface area contributed by atoms with E-state index in [2.05, 4.69) is 25.0 Å². The molecule has 0 radical (unpaired) electrons. The van der Waals surface area contributed by atoms with Gasteiger partial charge in [-0.15, -0.1) is 0 Å². The van der Waals surface area contributed by atoms with Crippen molar-refractivity contribution in [3.63, 3.8) is 0 Å². The van der Waals surface area contributed by atoms with Gasteiger partial charge < -0.3 is 4.98 Å². The number of rotatable bonds is 2. The summed E-state index contributed by atoms with van der Waals surface area (Å²) in [5.41, 5.74) is 1.96. The molecular weight excluding hydrogens is 356 g/mol. The molecule has 0 bridgehead atoms. The molecule has 4 heterocycles. The molecule has 0 unspecified atom stereocenters. The molecule has 1 N–H and O–H groups in total. The zero-order valence-corrected chi connectivity index (χ0v) is 14.1. The van der Waals surface area contributed by atoms with Gasteiger partial charge in [0, 0.05) is 31.3 Å². The highest BCUT2D eigenvalue weighted by atomic mass is 19.3. The van der Waals surface area contributed by atoms with Gasteiger partial charge in [-0.1, -0.05) is 0 Å². The zero-order chi connectivity index (χ0) is 18.6. The predicted molar refractivity (Wildman–Crippen MR) is 92.6 cm³/mol. The van der Waals surface area contributed by atoms with Gasteiger partial charge in [0.25, 0.3) is 0 Å². The fourth-order valence-corrected chi connectivity index (χ4v) is 3.67. The van der Waals surface area contributed by atoms with E-state index in [4.69, 9.17) is 0 Å². The van der Waals surface area contributed by atoms with Gasteiger partial charge in [0.2, 0.25) is 5.92 Å². The summed E-state index contributed by atoms with van der Waals surface area (Å²) in [6, 6.07) is -0.306. The molecule has 5 rings (SSSR count). The first-order valence-corrected chi connectivity index (χ1v) is 8.65. The molecule has 138 valence electrons. The van der Waals surface area contributed by atoms with Gasteiger partial charge >= 0.3 is 5.69 Å². The van der Waals surface area contributed by atoms with E-state index in [1.165, 1.54) is 10.8 Å². The number of hydrogen-bond donors (Lipinski definition) is 1. The van der Waals surface area contributed by atoms with Crippen molar-refractivity contribution in [3.8, 4) is 11.4 Å². The van der Waals surface area contributed by atoms with E-state index < -0.39 is 5.92 Å². The smallest absolute Gasteiger partial charge is 0.303 e. The molecule has 4 aromatic rings. The maximum absolute atomic E-state index is 13.5. The first-order chi connectivity index (χ1) is 13.0. The molecule has 8 nitrogen and oxygen atoms in total. The molecule has 0 aromatic carbocycles. The molecule has 0 spiro atoms. The van der Waals surface area contributed by atoms with Gasteiger partial charge in [-0.05, 0) is 12.8 Å². The van der Waals surface area contributed by atoms with Crippen LogP contribution >= 0.6 is 0 Å². The normalized spacial score (nSPS) is 17.7. The average Bonchev–Trinajstić information content (AvgIpc) is 3.22. The lowest BCUT2D eigenvalue weighted by atomic mass is 9.92. The number of nitrogens with one attached hydrogen (secondary N) is 1. The van der Waals surface area contributed by atoms with Crippen molar-refractivity contribution in [2.24, 2.45) is 0 Å². The summed E-state index contributed by atoms with van der Waals surface area (Å²) in [6.07, 6.45) is 8.18. The van der Waals surface area contributed by atoms with Gasteiger partial charge in [-0.2, -0.15) is 5.10 Å². The molecule has 27 heavy (non-hydrogen) atoms. The fraction of sp³-hybridized carbons (Fsp3) is 0.353. The fourth-order valence-electron chi connectivity index (χ4n) is 3.67. The summed E-state index contributed by atoms with van der Waals surface area (Å²) in [4.78, 5) is 28.1. The third kappa shape index (κ3) is 2.59. The second-order valence-corrected chi connectivity index (χ2v) is 6.78. The van der Waals surface area contributed by atoms with E-state index in [1.807, 2.05) is 0 Å². The number of aromatic amines is 1. The lowest BCUT2D eigenvalue weighted by Gasteiger charge is -2.28. The van der Waals surface area contributed by atoms with Crippen molar-refractivity contribution in [2.75, 3.05) is 0 Å². The molecule has 1 aliphatic rings. The Balaban J connectivity index is 1.62. The molecule has 1 fully saturated rings. The molecule has 0 amide bonds. The van der Waals surface area contributed by atoms with Crippen LogP contribution in [0.5, 0.6) is 0 Å².